The lowest BCUT2D eigenvalue weighted by Crippen LogP contribution is -2.50. The number of ether oxygens (including phenoxy) is 4. The minimum absolute atomic E-state index is 0.116. The van der Waals surface area contributed by atoms with Crippen molar-refractivity contribution in [2.45, 2.75) is 216 Å². The van der Waals surface area contributed by atoms with Crippen LogP contribution < -0.4 is 10.6 Å². The number of hydrogen-bond acceptors (Lipinski definition) is 9. The third-order valence-corrected chi connectivity index (χ3v) is 15.7. The normalized spacial score (nSPS) is 26.9. The number of nitrogens with one attached hydrogen (secondary N) is 2. The maximum absolute atomic E-state index is 13.8. The number of hydrogen-bond donors (Lipinski definition) is 2. The Balaban J connectivity index is 1.32. The number of nitrogens with zero attached hydrogens (tertiary/aromatic N) is 2. The number of fused-ring (bicyclic) bond motifs is 5. The first-order valence-corrected chi connectivity index (χ1v) is 26.2. The van der Waals surface area contributed by atoms with E-state index in [4.69, 9.17) is 18.9 Å². The summed E-state index contributed by atoms with van der Waals surface area (Å²) in [4.78, 5) is 55.3. The lowest BCUT2D eigenvalue weighted by Gasteiger charge is -2.58. The van der Waals surface area contributed by atoms with Crippen molar-refractivity contribution in [3.05, 3.63) is 11.6 Å². The van der Waals surface area contributed by atoms with Gasteiger partial charge in [-0.3, -0.25) is 9.69 Å². The molecule has 12 heteroatoms. The van der Waals surface area contributed by atoms with Gasteiger partial charge < -0.3 is 34.5 Å². The molecule has 0 heterocycles. The molecule has 8 atom stereocenters. The Morgan fingerprint density at radius 2 is 1.29 bits per heavy atom. The van der Waals surface area contributed by atoms with Crippen LogP contribution in [-0.2, 0) is 23.7 Å². The molecule has 4 rings (SSSR count). The van der Waals surface area contributed by atoms with Gasteiger partial charge in [0.2, 0.25) is 0 Å². The van der Waals surface area contributed by atoms with E-state index >= 15 is 0 Å². The average molecular weight is 929 g/mol. The van der Waals surface area contributed by atoms with Crippen molar-refractivity contribution in [2.24, 2.45) is 46.3 Å². The highest BCUT2D eigenvalue weighted by Crippen LogP contribution is 2.67. The number of esters is 1. The number of amides is 3. The molecule has 4 aliphatic carbocycles. The third kappa shape index (κ3) is 17.2. The van der Waals surface area contributed by atoms with Gasteiger partial charge in [-0.25, -0.2) is 14.4 Å². The molecule has 66 heavy (non-hydrogen) atoms. The predicted molar refractivity (Wildman–Crippen MR) is 264 cm³/mol. The van der Waals surface area contributed by atoms with Crippen LogP contribution in [0.1, 0.15) is 193 Å². The molecule has 0 spiro atoms. The van der Waals surface area contributed by atoms with Crippen LogP contribution >= 0.6 is 0 Å². The van der Waals surface area contributed by atoms with Gasteiger partial charge in [0, 0.05) is 39.1 Å². The zero-order chi connectivity index (χ0) is 49.1. The predicted octanol–water partition coefficient (Wildman–Crippen LogP) is 12.1. The van der Waals surface area contributed by atoms with Crippen molar-refractivity contribution in [1.82, 2.24) is 20.4 Å². The Morgan fingerprint density at radius 3 is 1.89 bits per heavy atom. The highest BCUT2D eigenvalue weighted by atomic mass is 16.6. The number of carbonyl (C=O) groups excluding carboxylic acids is 4. The molecule has 0 aromatic heterocycles. The minimum Gasteiger partial charge on any atom is -0.461 e. The van der Waals surface area contributed by atoms with Crippen molar-refractivity contribution in [1.29, 1.82) is 0 Å². The lowest BCUT2D eigenvalue weighted by atomic mass is 9.47. The fourth-order valence-electron chi connectivity index (χ4n) is 11.8. The zero-order valence-electron chi connectivity index (χ0n) is 44.3. The van der Waals surface area contributed by atoms with E-state index < -0.39 is 35.1 Å². The molecule has 0 radical (unpaired) electrons. The van der Waals surface area contributed by atoms with E-state index in [0.717, 1.165) is 61.2 Å². The van der Waals surface area contributed by atoms with Crippen LogP contribution in [0.4, 0.5) is 14.4 Å². The molecule has 0 bridgehead atoms. The number of unbranched alkanes of at least 4 members (excludes halogenated alkanes) is 1. The second-order valence-corrected chi connectivity index (χ2v) is 24.6. The first kappa shape index (κ1) is 55.6. The van der Waals surface area contributed by atoms with Crippen LogP contribution in [0.15, 0.2) is 11.6 Å². The van der Waals surface area contributed by atoms with Crippen LogP contribution in [-0.4, -0.2) is 103 Å². The van der Waals surface area contributed by atoms with Crippen LogP contribution in [0.25, 0.3) is 0 Å². The van der Waals surface area contributed by atoms with Gasteiger partial charge in [0.25, 0.3) is 0 Å². The standard InChI is InChI=1S/C54H96N4O8/c1-38(2)39(3)20-17-21-40-23-25-44-43-24-22-41-36-42(26-28-54(41,14)45(43)27-29-53(40,44)13)63-46(59)37-57(33-18-30-55-47(60)64-50(4,5)6)32-15-16-34-58(49(62)66-52(10,11)12)35-19-31-56-48(61)65-51(7,8)9/h22,38-40,42-45H,15-21,23-37H2,1-14H3,(H,55,60)(H,56,61). The number of rotatable bonds is 21. The summed E-state index contributed by atoms with van der Waals surface area (Å²) in [5, 5.41) is 5.62. The summed E-state index contributed by atoms with van der Waals surface area (Å²) in [5.41, 5.74) is 0.362. The molecule has 12 nitrogen and oxygen atoms in total. The summed E-state index contributed by atoms with van der Waals surface area (Å²) in [5.74, 6) is 4.55. The third-order valence-electron chi connectivity index (χ3n) is 15.7. The van der Waals surface area contributed by atoms with E-state index in [9.17, 15) is 19.2 Å². The minimum atomic E-state index is -0.648. The smallest absolute Gasteiger partial charge is 0.410 e. The summed E-state index contributed by atoms with van der Waals surface area (Å²) in [7, 11) is 0. The van der Waals surface area contributed by atoms with Crippen molar-refractivity contribution in [3.63, 3.8) is 0 Å². The quantitative estimate of drug-likeness (QED) is 0.0499. The molecule has 8 unspecified atom stereocenters. The van der Waals surface area contributed by atoms with Crippen molar-refractivity contribution in [2.75, 3.05) is 45.8 Å². The molecule has 0 aromatic rings. The fraction of sp³-hybridized carbons (Fsp3) is 0.889. The summed E-state index contributed by atoms with van der Waals surface area (Å²) < 4.78 is 22.8. The monoisotopic (exact) mass is 929 g/mol. The molecule has 0 aliphatic heterocycles. The Morgan fingerprint density at radius 1 is 0.712 bits per heavy atom. The van der Waals surface area contributed by atoms with Crippen molar-refractivity contribution < 1.29 is 38.1 Å². The Labute approximate surface area is 401 Å². The van der Waals surface area contributed by atoms with Crippen LogP contribution in [0, 0.1) is 46.3 Å². The van der Waals surface area contributed by atoms with Gasteiger partial charge in [0.15, 0.2) is 0 Å². The first-order valence-electron chi connectivity index (χ1n) is 26.2. The second kappa shape index (κ2) is 24.0. The summed E-state index contributed by atoms with van der Waals surface area (Å²) in [6.07, 6.45) is 17.3. The summed E-state index contributed by atoms with van der Waals surface area (Å²) >= 11 is 0. The van der Waals surface area contributed by atoms with Crippen LogP contribution in [0.3, 0.4) is 0 Å². The van der Waals surface area contributed by atoms with Gasteiger partial charge in [-0.2, -0.15) is 0 Å². The first-order chi connectivity index (χ1) is 30.7. The van der Waals surface area contributed by atoms with E-state index in [1.807, 2.05) is 62.3 Å². The zero-order valence-corrected chi connectivity index (χ0v) is 44.3. The van der Waals surface area contributed by atoms with E-state index in [0.29, 0.717) is 63.9 Å². The van der Waals surface area contributed by atoms with Gasteiger partial charge in [0.1, 0.15) is 22.9 Å². The second-order valence-electron chi connectivity index (χ2n) is 24.6. The fourth-order valence-corrected chi connectivity index (χ4v) is 11.8. The maximum atomic E-state index is 13.8. The summed E-state index contributed by atoms with van der Waals surface area (Å²) in [6.45, 7) is 31.9. The largest absolute Gasteiger partial charge is 0.461 e. The molecule has 3 amide bonds. The molecule has 380 valence electrons. The van der Waals surface area contributed by atoms with Crippen LogP contribution in [0.5, 0.6) is 0 Å². The van der Waals surface area contributed by atoms with Crippen LogP contribution in [0.2, 0.25) is 0 Å². The van der Waals surface area contributed by atoms with E-state index in [2.05, 4.69) is 56.2 Å². The van der Waals surface area contributed by atoms with E-state index in [-0.39, 0.29) is 24.0 Å². The molecular weight excluding hydrogens is 833 g/mol. The molecular formula is C54H96N4O8. The van der Waals surface area contributed by atoms with E-state index in [1.54, 1.807) is 4.90 Å². The topological polar surface area (TPSA) is 136 Å². The Bertz CT molecular complexity index is 1610. The molecule has 2 N–H and O–H groups in total. The molecule has 4 aliphatic rings. The number of carbonyl (C=O) groups is 4. The van der Waals surface area contributed by atoms with Crippen molar-refractivity contribution >= 4 is 24.2 Å². The van der Waals surface area contributed by atoms with Gasteiger partial charge in [-0.1, -0.05) is 59.1 Å². The Kier molecular flexibility index (Phi) is 20.2. The lowest BCUT2D eigenvalue weighted by molar-refractivity contribution is -0.152. The Hall–Kier alpha value is -3.02. The highest BCUT2D eigenvalue weighted by molar-refractivity contribution is 5.72. The molecule has 3 fully saturated rings. The van der Waals surface area contributed by atoms with Gasteiger partial charge in [0.05, 0.1) is 6.54 Å². The maximum Gasteiger partial charge on any atom is 0.410 e. The SMILES string of the molecule is CC(C)C(C)CCCC1CCC2C3CC=C4CC(OC(=O)CN(CCCCN(CCCNC(=O)OC(C)(C)C)C(=O)OC(C)(C)C)CCCNC(=O)OC(C)(C)C)CCC4(C)C3CCC12C. The molecule has 3 saturated carbocycles. The van der Waals surface area contributed by atoms with E-state index in [1.165, 1.54) is 56.9 Å². The number of allylic oxidation sites excluding steroid dienone is 1. The molecule has 0 aromatic carbocycles. The number of alkyl carbamates (subject to hydrolysis) is 2. The van der Waals surface area contributed by atoms with Crippen molar-refractivity contribution in [3.8, 4) is 0 Å². The van der Waals surface area contributed by atoms with Gasteiger partial charge in [-0.05, 0) is 192 Å². The van der Waals surface area contributed by atoms with Gasteiger partial charge in [-0.15, -0.1) is 0 Å². The molecule has 0 saturated heterocycles. The average Bonchev–Trinajstić information content (AvgIpc) is 3.52. The summed E-state index contributed by atoms with van der Waals surface area (Å²) in [6, 6.07) is 0. The highest BCUT2D eigenvalue weighted by Gasteiger charge is 2.58. The van der Waals surface area contributed by atoms with Gasteiger partial charge >= 0.3 is 24.2 Å².